The first-order valence-electron chi connectivity index (χ1n) is 2.76. The van der Waals surface area contributed by atoms with Gasteiger partial charge >= 0.3 is 6.16 Å². The van der Waals surface area contributed by atoms with E-state index in [4.69, 9.17) is 0 Å². The van der Waals surface area contributed by atoms with Crippen molar-refractivity contribution in [3.05, 3.63) is 0 Å². The third-order valence-electron chi connectivity index (χ3n) is 0.781. The molecule has 0 aromatic carbocycles. The summed E-state index contributed by atoms with van der Waals surface area (Å²) in [5, 5.41) is 0. The van der Waals surface area contributed by atoms with Crippen molar-refractivity contribution in [2.75, 3.05) is 6.61 Å². The molecule has 3 nitrogen and oxygen atoms in total. The Morgan fingerprint density at radius 1 is 1.67 bits per heavy atom. The molecule has 0 fully saturated rings. The SMILES string of the molecule is CCCCOC(=O)OCl. The van der Waals surface area contributed by atoms with Gasteiger partial charge in [0.15, 0.2) is 0 Å². The van der Waals surface area contributed by atoms with E-state index in [1.807, 2.05) is 6.92 Å². The summed E-state index contributed by atoms with van der Waals surface area (Å²) in [6.07, 6.45) is 0.992. The number of rotatable bonds is 3. The largest absolute Gasteiger partial charge is 0.526 e. The van der Waals surface area contributed by atoms with Crippen LogP contribution in [-0.4, -0.2) is 12.8 Å². The average molecular weight is 153 g/mol. The van der Waals surface area contributed by atoms with Crippen LogP contribution in [-0.2, 0) is 9.03 Å². The molecular formula is C5H9ClO3. The fourth-order valence-corrected chi connectivity index (χ4v) is 0.367. The number of carbonyl (C=O) groups excluding carboxylic acids is 1. The van der Waals surface area contributed by atoms with Gasteiger partial charge in [-0.05, 0) is 6.42 Å². The highest BCUT2D eigenvalue weighted by atomic mass is 35.5. The summed E-state index contributed by atoms with van der Waals surface area (Å²) in [6.45, 7) is 2.37. The molecule has 54 valence electrons. The molecule has 0 unspecified atom stereocenters. The van der Waals surface area contributed by atoms with Gasteiger partial charge in [-0.25, -0.2) is 4.79 Å². The summed E-state index contributed by atoms with van der Waals surface area (Å²) in [5.41, 5.74) is 0. The van der Waals surface area contributed by atoms with Crippen molar-refractivity contribution in [2.24, 2.45) is 0 Å². The normalized spacial score (nSPS) is 8.67. The van der Waals surface area contributed by atoms with Gasteiger partial charge in [-0.1, -0.05) is 13.3 Å². The molecule has 0 aliphatic carbocycles. The summed E-state index contributed by atoms with van der Waals surface area (Å²) in [5.74, 6) is 0. The number of hydrogen-bond donors (Lipinski definition) is 0. The Hall–Kier alpha value is -0.440. The first kappa shape index (κ1) is 8.56. The van der Waals surface area contributed by atoms with Crippen LogP contribution in [0, 0.1) is 0 Å². The highest BCUT2D eigenvalue weighted by Crippen LogP contribution is 1.92. The summed E-state index contributed by atoms with van der Waals surface area (Å²) < 4.78 is 8.15. The quantitative estimate of drug-likeness (QED) is 0.459. The fourth-order valence-electron chi connectivity index (χ4n) is 0.322. The molecular weight excluding hydrogens is 144 g/mol. The molecule has 0 spiro atoms. The van der Waals surface area contributed by atoms with Gasteiger partial charge in [0, 0.05) is 0 Å². The molecule has 0 amide bonds. The van der Waals surface area contributed by atoms with Crippen molar-refractivity contribution < 1.29 is 13.8 Å². The van der Waals surface area contributed by atoms with Crippen molar-refractivity contribution >= 4 is 18.0 Å². The number of unbranched alkanes of at least 4 members (excludes halogenated alkanes) is 1. The molecule has 0 radical (unpaired) electrons. The Kier molecular flexibility index (Phi) is 5.41. The average Bonchev–Trinajstić information content (AvgIpc) is 1.89. The molecule has 0 saturated heterocycles. The van der Waals surface area contributed by atoms with E-state index in [0.29, 0.717) is 6.61 Å². The molecule has 0 aliphatic rings. The van der Waals surface area contributed by atoms with Crippen molar-refractivity contribution in [1.29, 1.82) is 0 Å². The van der Waals surface area contributed by atoms with Crippen LogP contribution in [0.1, 0.15) is 19.8 Å². The van der Waals surface area contributed by atoms with Crippen LogP contribution >= 0.6 is 11.9 Å². The second-order valence-electron chi connectivity index (χ2n) is 1.53. The molecule has 0 N–H and O–H groups in total. The summed E-state index contributed by atoms with van der Waals surface area (Å²) in [4.78, 5) is 10.1. The van der Waals surface area contributed by atoms with E-state index in [2.05, 4.69) is 20.9 Å². The lowest BCUT2D eigenvalue weighted by Gasteiger charge is -1.97. The van der Waals surface area contributed by atoms with Crippen molar-refractivity contribution in [3.8, 4) is 0 Å². The Morgan fingerprint density at radius 3 is 2.78 bits per heavy atom. The highest BCUT2D eigenvalue weighted by molar-refractivity contribution is 6.12. The zero-order valence-electron chi connectivity index (χ0n) is 5.22. The van der Waals surface area contributed by atoms with Crippen molar-refractivity contribution in [1.82, 2.24) is 0 Å². The zero-order valence-corrected chi connectivity index (χ0v) is 5.98. The summed E-state index contributed by atoms with van der Waals surface area (Å²) >= 11 is 4.66. The second kappa shape index (κ2) is 5.69. The van der Waals surface area contributed by atoms with Crippen molar-refractivity contribution in [3.63, 3.8) is 0 Å². The van der Waals surface area contributed by atoms with Crippen LogP contribution in [0.3, 0.4) is 0 Å². The van der Waals surface area contributed by atoms with Gasteiger partial charge in [0.2, 0.25) is 0 Å². The van der Waals surface area contributed by atoms with Crippen molar-refractivity contribution in [2.45, 2.75) is 19.8 Å². The molecule has 0 bridgehead atoms. The molecule has 0 heterocycles. The van der Waals surface area contributed by atoms with Crippen LogP contribution in [0.15, 0.2) is 0 Å². The first-order valence-corrected chi connectivity index (χ1v) is 3.07. The Bertz CT molecular complexity index is 84.3. The maximum Gasteiger partial charge on any atom is 0.526 e. The standard InChI is InChI=1S/C5H9ClO3/c1-2-3-4-8-5(7)9-6/h2-4H2,1H3. The maximum atomic E-state index is 10.1. The second-order valence-corrected chi connectivity index (χ2v) is 1.68. The lowest BCUT2D eigenvalue weighted by Crippen LogP contribution is -2.02. The van der Waals surface area contributed by atoms with Gasteiger partial charge in [0.1, 0.15) is 11.9 Å². The van der Waals surface area contributed by atoms with Gasteiger partial charge in [0.25, 0.3) is 0 Å². The molecule has 4 heteroatoms. The van der Waals surface area contributed by atoms with Crippen LogP contribution in [0.25, 0.3) is 0 Å². The lowest BCUT2D eigenvalue weighted by atomic mass is 10.4. The van der Waals surface area contributed by atoms with E-state index in [-0.39, 0.29) is 0 Å². The van der Waals surface area contributed by atoms with E-state index < -0.39 is 6.16 Å². The summed E-state index contributed by atoms with van der Waals surface area (Å²) in [7, 11) is 0. The molecule has 0 atom stereocenters. The topological polar surface area (TPSA) is 35.5 Å². The van der Waals surface area contributed by atoms with Gasteiger partial charge in [-0.15, -0.1) is 0 Å². The lowest BCUT2D eigenvalue weighted by molar-refractivity contribution is 0.101. The summed E-state index contributed by atoms with van der Waals surface area (Å²) in [6, 6.07) is 0. The van der Waals surface area contributed by atoms with Crippen LogP contribution in [0.4, 0.5) is 4.79 Å². The minimum Gasteiger partial charge on any atom is -0.433 e. The van der Waals surface area contributed by atoms with Gasteiger partial charge in [-0.3, -0.25) is 0 Å². The predicted octanol–water partition coefficient (Wildman–Crippen LogP) is 2.09. The van der Waals surface area contributed by atoms with Gasteiger partial charge in [0.05, 0.1) is 6.61 Å². The number of carbonyl (C=O) groups is 1. The van der Waals surface area contributed by atoms with E-state index in [1.165, 1.54) is 0 Å². The van der Waals surface area contributed by atoms with E-state index in [0.717, 1.165) is 12.8 Å². The Morgan fingerprint density at radius 2 is 2.33 bits per heavy atom. The van der Waals surface area contributed by atoms with Crippen LogP contribution < -0.4 is 0 Å². The predicted molar refractivity (Wildman–Crippen MR) is 33.2 cm³/mol. The monoisotopic (exact) mass is 152 g/mol. The van der Waals surface area contributed by atoms with Crippen LogP contribution in [0.2, 0.25) is 0 Å². The Labute approximate surface area is 59.1 Å². The molecule has 9 heavy (non-hydrogen) atoms. The van der Waals surface area contributed by atoms with Gasteiger partial charge < -0.3 is 9.03 Å². The number of ether oxygens (including phenoxy) is 1. The molecule has 0 aromatic heterocycles. The molecule has 0 aromatic rings. The molecule has 0 aliphatic heterocycles. The molecule has 0 rings (SSSR count). The van der Waals surface area contributed by atoms with E-state index in [1.54, 1.807) is 0 Å². The molecule has 0 saturated carbocycles. The minimum atomic E-state index is -0.829. The number of halogens is 1. The Balaban J connectivity index is 2.97. The van der Waals surface area contributed by atoms with Crippen LogP contribution in [0.5, 0.6) is 0 Å². The fraction of sp³-hybridized carbons (Fsp3) is 0.800. The third kappa shape index (κ3) is 5.43. The number of hydrogen-bond acceptors (Lipinski definition) is 3. The van der Waals surface area contributed by atoms with E-state index in [9.17, 15) is 4.79 Å². The minimum absolute atomic E-state index is 0.377. The maximum absolute atomic E-state index is 10.1. The smallest absolute Gasteiger partial charge is 0.433 e. The first-order chi connectivity index (χ1) is 4.31. The van der Waals surface area contributed by atoms with Gasteiger partial charge in [-0.2, -0.15) is 0 Å². The zero-order chi connectivity index (χ0) is 7.11. The third-order valence-corrected chi connectivity index (χ3v) is 0.907. The van der Waals surface area contributed by atoms with E-state index >= 15 is 0 Å². The highest BCUT2D eigenvalue weighted by Gasteiger charge is 1.98.